The van der Waals surface area contributed by atoms with E-state index in [9.17, 15) is 0 Å². The average Bonchev–Trinajstić information content (AvgIpc) is 2.36. The number of halogens is 2. The van der Waals surface area contributed by atoms with E-state index >= 15 is 0 Å². The first-order valence-electron chi connectivity index (χ1n) is 6.72. The predicted octanol–water partition coefficient (Wildman–Crippen LogP) is 5.40. The number of benzene rings is 1. The maximum Gasteiger partial charge on any atom is 0.175 e. The minimum atomic E-state index is 0.465. The van der Waals surface area contributed by atoms with E-state index < -0.39 is 0 Å². The van der Waals surface area contributed by atoms with Crippen LogP contribution in [0.5, 0.6) is 11.5 Å². The summed E-state index contributed by atoms with van der Waals surface area (Å²) < 4.78 is 12.4. The number of ether oxygens (including phenoxy) is 2. The second kappa shape index (κ2) is 8.70. The van der Waals surface area contributed by atoms with Crippen LogP contribution < -0.4 is 9.47 Å². The molecular weight excluding hydrogens is 328 g/mol. The highest BCUT2D eigenvalue weighted by Crippen LogP contribution is 2.37. The second-order valence-corrected chi connectivity index (χ2v) is 5.98. The smallest absolute Gasteiger partial charge is 0.175 e. The Bertz CT molecular complexity index is 394. The summed E-state index contributed by atoms with van der Waals surface area (Å²) in [5.41, 5.74) is 1.02. The van der Waals surface area contributed by atoms with Gasteiger partial charge in [-0.2, -0.15) is 0 Å². The molecule has 0 fully saturated rings. The zero-order chi connectivity index (χ0) is 14.3. The van der Waals surface area contributed by atoms with Gasteiger partial charge in [-0.3, -0.25) is 0 Å². The van der Waals surface area contributed by atoms with Gasteiger partial charge in [0.1, 0.15) is 0 Å². The molecule has 0 saturated carbocycles. The molecular formula is C15H22BrClO2. The van der Waals surface area contributed by atoms with Gasteiger partial charge < -0.3 is 9.47 Å². The molecule has 1 rings (SSSR count). The lowest BCUT2D eigenvalue weighted by atomic mass is 10.1. The van der Waals surface area contributed by atoms with Crippen molar-refractivity contribution in [3.63, 3.8) is 0 Å². The molecule has 0 aliphatic carbocycles. The van der Waals surface area contributed by atoms with Gasteiger partial charge in [-0.05, 0) is 59.3 Å². The van der Waals surface area contributed by atoms with Crippen molar-refractivity contribution < 1.29 is 9.47 Å². The van der Waals surface area contributed by atoms with E-state index in [-0.39, 0.29) is 0 Å². The Morgan fingerprint density at radius 3 is 2.58 bits per heavy atom. The van der Waals surface area contributed by atoms with E-state index in [2.05, 4.69) is 29.8 Å². The zero-order valence-electron chi connectivity index (χ0n) is 11.8. The van der Waals surface area contributed by atoms with Gasteiger partial charge in [0.25, 0.3) is 0 Å². The highest BCUT2D eigenvalue weighted by Gasteiger charge is 2.12. The van der Waals surface area contributed by atoms with Crippen LogP contribution in [0.2, 0.25) is 0 Å². The predicted molar refractivity (Wildman–Crippen MR) is 84.4 cm³/mol. The third-order valence-corrected chi connectivity index (χ3v) is 3.59. The van der Waals surface area contributed by atoms with E-state index in [0.29, 0.717) is 25.0 Å². The van der Waals surface area contributed by atoms with Crippen LogP contribution >= 0.6 is 27.5 Å². The maximum atomic E-state index is 5.87. The maximum absolute atomic E-state index is 5.87. The van der Waals surface area contributed by atoms with Crippen LogP contribution in [-0.4, -0.2) is 13.2 Å². The quantitative estimate of drug-likeness (QED) is 0.462. The molecule has 0 bridgehead atoms. The second-order valence-electron chi connectivity index (χ2n) is 4.86. The lowest BCUT2D eigenvalue weighted by molar-refractivity contribution is 0.265. The lowest BCUT2D eigenvalue weighted by Crippen LogP contribution is -2.03. The van der Waals surface area contributed by atoms with Crippen molar-refractivity contribution in [1.82, 2.24) is 0 Å². The van der Waals surface area contributed by atoms with Crippen molar-refractivity contribution in [1.29, 1.82) is 0 Å². The van der Waals surface area contributed by atoms with Crippen molar-refractivity contribution >= 4 is 27.5 Å². The van der Waals surface area contributed by atoms with E-state index in [0.717, 1.165) is 28.0 Å². The lowest BCUT2D eigenvalue weighted by Gasteiger charge is -2.15. The first-order chi connectivity index (χ1) is 9.08. The van der Waals surface area contributed by atoms with Crippen LogP contribution in [0.3, 0.4) is 0 Å². The van der Waals surface area contributed by atoms with E-state index in [4.69, 9.17) is 21.1 Å². The van der Waals surface area contributed by atoms with Gasteiger partial charge in [0, 0.05) is 5.88 Å². The first kappa shape index (κ1) is 16.6. The van der Waals surface area contributed by atoms with Crippen LogP contribution in [0.15, 0.2) is 16.6 Å². The minimum absolute atomic E-state index is 0.465. The van der Waals surface area contributed by atoms with Gasteiger partial charge in [0.15, 0.2) is 11.5 Å². The van der Waals surface area contributed by atoms with Crippen LogP contribution in [0.1, 0.15) is 39.2 Å². The van der Waals surface area contributed by atoms with E-state index in [1.165, 1.54) is 6.42 Å². The molecule has 0 spiro atoms. The summed E-state index contributed by atoms with van der Waals surface area (Å²) in [6, 6.07) is 3.92. The Morgan fingerprint density at radius 2 is 2.00 bits per heavy atom. The molecule has 19 heavy (non-hydrogen) atoms. The minimum Gasteiger partial charge on any atom is -0.490 e. The molecule has 0 saturated heterocycles. The Balaban J connectivity index is 2.74. The molecule has 1 aromatic carbocycles. The fraction of sp³-hybridized carbons (Fsp3) is 0.600. The molecule has 0 aliphatic heterocycles. The average molecular weight is 350 g/mol. The van der Waals surface area contributed by atoms with Gasteiger partial charge in [0.2, 0.25) is 0 Å². The Kier molecular flexibility index (Phi) is 7.62. The summed E-state index contributed by atoms with van der Waals surface area (Å²) in [4.78, 5) is 0. The van der Waals surface area contributed by atoms with Gasteiger partial charge in [-0.1, -0.05) is 13.8 Å². The molecule has 1 aromatic rings. The van der Waals surface area contributed by atoms with Crippen molar-refractivity contribution in [2.75, 3.05) is 13.2 Å². The molecule has 0 aliphatic rings. The number of hydrogen-bond donors (Lipinski definition) is 0. The molecule has 0 unspecified atom stereocenters. The molecule has 0 aromatic heterocycles. The van der Waals surface area contributed by atoms with Gasteiger partial charge in [0.05, 0.1) is 17.7 Å². The standard InChI is InChI=1S/C15H22BrClO2/c1-4-18-14-9-12(10-17)8-13(16)15(14)19-7-5-6-11(2)3/h8-9,11H,4-7,10H2,1-3H3. The summed E-state index contributed by atoms with van der Waals surface area (Å²) >= 11 is 9.39. The first-order valence-corrected chi connectivity index (χ1v) is 8.05. The molecule has 0 N–H and O–H groups in total. The Hall–Kier alpha value is -0.410. The van der Waals surface area contributed by atoms with Crippen LogP contribution in [0.25, 0.3) is 0 Å². The normalized spacial score (nSPS) is 10.8. The van der Waals surface area contributed by atoms with Gasteiger partial charge in [-0.15, -0.1) is 11.6 Å². The van der Waals surface area contributed by atoms with Crippen molar-refractivity contribution in [3.8, 4) is 11.5 Å². The topological polar surface area (TPSA) is 18.5 Å². The molecule has 0 atom stereocenters. The summed E-state index contributed by atoms with van der Waals surface area (Å²) in [6.07, 6.45) is 2.22. The molecule has 2 nitrogen and oxygen atoms in total. The molecule has 0 radical (unpaired) electrons. The fourth-order valence-electron chi connectivity index (χ4n) is 1.77. The van der Waals surface area contributed by atoms with Gasteiger partial charge in [-0.25, -0.2) is 0 Å². The SMILES string of the molecule is CCOc1cc(CCl)cc(Br)c1OCCCC(C)C. The number of alkyl halides is 1. The molecule has 108 valence electrons. The highest BCUT2D eigenvalue weighted by molar-refractivity contribution is 9.10. The Morgan fingerprint density at radius 1 is 1.26 bits per heavy atom. The van der Waals surface area contributed by atoms with Crippen LogP contribution in [0.4, 0.5) is 0 Å². The number of rotatable bonds is 8. The van der Waals surface area contributed by atoms with Crippen molar-refractivity contribution in [2.45, 2.75) is 39.5 Å². The van der Waals surface area contributed by atoms with Crippen LogP contribution in [-0.2, 0) is 5.88 Å². The van der Waals surface area contributed by atoms with Crippen molar-refractivity contribution in [2.24, 2.45) is 5.92 Å². The zero-order valence-corrected chi connectivity index (χ0v) is 14.2. The third kappa shape index (κ3) is 5.62. The van der Waals surface area contributed by atoms with Crippen molar-refractivity contribution in [3.05, 3.63) is 22.2 Å². The largest absolute Gasteiger partial charge is 0.490 e. The Labute approximate surface area is 129 Å². The summed E-state index contributed by atoms with van der Waals surface area (Å²) in [7, 11) is 0. The molecule has 0 heterocycles. The monoisotopic (exact) mass is 348 g/mol. The molecule has 0 amide bonds. The summed E-state index contributed by atoms with van der Waals surface area (Å²) in [5.74, 6) is 2.71. The summed E-state index contributed by atoms with van der Waals surface area (Å²) in [6.45, 7) is 7.72. The third-order valence-electron chi connectivity index (χ3n) is 2.70. The van der Waals surface area contributed by atoms with E-state index in [1.807, 2.05) is 19.1 Å². The van der Waals surface area contributed by atoms with Gasteiger partial charge >= 0.3 is 0 Å². The highest BCUT2D eigenvalue weighted by atomic mass is 79.9. The summed E-state index contributed by atoms with van der Waals surface area (Å²) in [5, 5.41) is 0. The van der Waals surface area contributed by atoms with E-state index in [1.54, 1.807) is 0 Å². The fourth-order valence-corrected chi connectivity index (χ4v) is 2.53. The van der Waals surface area contributed by atoms with Crippen LogP contribution in [0, 0.1) is 5.92 Å². The number of hydrogen-bond acceptors (Lipinski definition) is 2. The molecule has 4 heteroatoms.